The zero-order chi connectivity index (χ0) is 25.5. The highest BCUT2D eigenvalue weighted by Crippen LogP contribution is 2.25. The molecule has 3 aromatic carbocycles. The van der Waals surface area contributed by atoms with E-state index in [2.05, 4.69) is 12.1 Å². The maximum Gasteiger partial charge on any atom is 0.335 e. The second-order valence-corrected chi connectivity index (χ2v) is 9.01. The van der Waals surface area contributed by atoms with Gasteiger partial charge in [-0.3, -0.25) is 4.98 Å². The van der Waals surface area contributed by atoms with Crippen molar-refractivity contribution in [3.63, 3.8) is 0 Å². The number of carboxylic acids is 1. The number of hydrogen-bond donors (Lipinski definition) is 3. The van der Waals surface area contributed by atoms with Crippen molar-refractivity contribution in [1.29, 1.82) is 0 Å². The van der Waals surface area contributed by atoms with Crippen molar-refractivity contribution >= 4 is 16.9 Å². The molecule has 6 nitrogen and oxygen atoms in total. The standard InChI is InChI=1S/C30H31NO5/c1-36-26-16-6-20(7-17-26)4-2-3-5-28(32)24-13-8-21-14-15-25(31-27(21)18-24)19-29(33)22-9-11-23(12-10-22)30(34)35/h6-18,28-29,32-33H,2-5,19H2,1H3,(H,34,35). The summed E-state index contributed by atoms with van der Waals surface area (Å²) in [6.07, 6.45) is 2.48. The van der Waals surface area contributed by atoms with Crippen LogP contribution in [0.5, 0.6) is 5.75 Å². The molecule has 4 aromatic rings. The molecule has 2 atom stereocenters. The minimum Gasteiger partial charge on any atom is -0.497 e. The Kier molecular flexibility index (Phi) is 8.31. The van der Waals surface area contributed by atoms with Crippen LogP contribution in [0.2, 0.25) is 0 Å². The maximum atomic E-state index is 11.0. The average molecular weight is 486 g/mol. The van der Waals surface area contributed by atoms with Gasteiger partial charge in [0.25, 0.3) is 0 Å². The number of benzene rings is 3. The lowest BCUT2D eigenvalue weighted by atomic mass is 9.99. The first kappa shape index (κ1) is 25.4. The van der Waals surface area contributed by atoms with E-state index in [9.17, 15) is 15.0 Å². The van der Waals surface area contributed by atoms with E-state index in [1.165, 1.54) is 17.7 Å². The van der Waals surface area contributed by atoms with Gasteiger partial charge in [-0.15, -0.1) is 0 Å². The third-order valence-electron chi connectivity index (χ3n) is 6.46. The van der Waals surface area contributed by atoms with Crippen LogP contribution in [0.1, 0.15) is 64.2 Å². The molecule has 0 aliphatic carbocycles. The van der Waals surface area contributed by atoms with Crippen molar-refractivity contribution < 1.29 is 24.9 Å². The zero-order valence-electron chi connectivity index (χ0n) is 20.3. The first-order valence-corrected chi connectivity index (χ1v) is 12.1. The van der Waals surface area contributed by atoms with Gasteiger partial charge < -0.3 is 20.1 Å². The number of unbranched alkanes of at least 4 members (excludes halogenated alkanes) is 1. The van der Waals surface area contributed by atoms with Gasteiger partial charge in [0.05, 0.1) is 30.4 Å². The second kappa shape index (κ2) is 11.8. The van der Waals surface area contributed by atoms with E-state index in [1.807, 2.05) is 42.5 Å². The molecule has 3 N–H and O–H groups in total. The molecule has 0 saturated heterocycles. The van der Waals surface area contributed by atoms with Crippen molar-refractivity contribution in [2.45, 2.75) is 44.3 Å². The molecule has 6 heteroatoms. The van der Waals surface area contributed by atoms with Crippen LogP contribution >= 0.6 is 0 Å². The highest BCUT2D eigenvalue weighted by Gasteiger charge is 2.13. The van der Waals surface area contributed by atoms with Gasteiger partial charge in [0.1, 0.15) is 5.75 Å². The fourth-order valence-corrected chi connectivity index (χ4v) is 4.29. The summed E-state index contributed by atoms with van der Waals surface area (Å²) in [6.45, 7) is 0. The molecule has 36 heavy (non-hydrogen) atoms. The number of pyridine rings is 1. The Hall–Kier alpha value is -3.74. The van der Waals surface area contributed by atoms with E-state index in [0.717, 1.165) is 47.2 Å². The number of aliphatic hydroxyl groups excluding tert-OH is 2. The van der Waals surface area contributed by atoms with Crippen LogP contribution in [0.4, 0.5) is 0 Å². The van der Waals surface area contributed by atoms with Crippen LogP contribution < -0.4 is 4.74 Å². The molecule has 0 amide bonds. The van der Waals surface area contributed by atoms with Crippen molar-refractivity contribution in [3.05, 3.63) is 107 Å². The molecule has 0 aliphatic rings. The van der Waals surface area contributed by atoms with E-state index in [0.29, 0.717) is 18.4 Å². The molecule has 2 unspecified atom stereocenters. The van der Waals surface area contributed by atoms with Crippen molar-refractivity contribution in [2.75, 3.05) is 7.11 Å². The molecule has 0 spiro atoms. The molecule has 0 saturated carbocycles. The van der Waals surface area contributed by atoms with Crippen LogP contribution in [-0.2, 0) is 12.8 Å². The molecule has 0 bridgehead atoms. The summed E-state index contributed by atoms with van der Waals surface area (Å²) in [4.78, 5) is 15.7. The van der Waals surface area contributed by atoms with Crippen LogP contribution in [0.15, 0.2) is 78.9 Å². The van der Waals surface area contributed by atoms with Crippen LogP contribution in [-0.4, -0.2) is 33.4 Å². The van der Waals surface area contributed by atoms with Gasteiger partial charge in [0, 0.05) is 17.5 Å². The Morgan fingerprint density at radius 1 is 0.861 bits per heavy atom. The van der Waals surface area contributed by atoms with Crippen molar-refractivity contribution in [1.82, 2.24) is 4.98 Å². The van der Waals surface area contributed by atoms with E-state index >= 15 is 0 Å². The number of carbonyl (C=O) groups is 1. The second-order valence-electron chi connectivity index (χ2n) is 9.01. The van der Waals surface area contributed by atoms with Gasteiger partial charge >= 0.3 is 5.97 Å². The highest BCUT2D eigenvalue weighted by molar-refractivity contribution is 5.87. The van der Waals surface area contributed by atoms with Crippen LogP contribution in [0, 0.1) is 0 Å². The van der Waals surface area contributed by atoms with Gasteiger partial charge in [-0.1, -0.05) is 48.9 Å². The van der Waals surface area contributed by atoms with E-state index < -0.39 is 18.2 Å². The quantitative estimate of drug-likeness (QED) is 0.237. The zero-order valence-corrected chi connectivity index (χ0v) is 20.3. The molecule has 1 heterocycles. The highest BCUT2D eigenvalue weighted by atomic mass is 16.5. The Morgan fingerprint density at radius 2 is 1.56 bits per heavy atom. The molecule has 0 fully saturated rings. The minimum atomic E-state index is -0.998. The van der Waals surface area contributed by atoms with Gasteiger partial charge in [-0.25, -0.2) is 4.79 Å². The summed E-state index contributed by atoms with van der Waals surface area (Å²) in [5.74, 6) is -0.145. The molecule has 4 rings (SSSR count). The fourth-order valence-electron chi connectivity index (χ4n) is 4.29. The molecular weight excluding hydrogens is 454 g/mol. The number of hydrogen-bond acceptors (Lipinski definition) is 5. The van der Waals surface area contributed by atoms with E-state index in [4.69, 9.17) is 14.8 Å². The van der Waals surface area contributed by atoms with Crippen LogP contribution in [0.3, 0.4) is 0 Å². The van der Waals surface area contributed by atoms with Crippen molar-refractivity contribution in [2.24, 2.45) is 0 Å². The van der Waals surface area contributed by atoms with Crippen molar-refractivity contribution in [3.8, 4) is 5.75 Å². The summed E-state index contributed by atoms with van der Waals surface area (Å²) in [7, 11) is 1.66. The number of rotatable bonds is 11. The SMILES string of the molecule is COc1ccc(CCCCC(O)c2ccc3ccc(CC(O)c4ccc(C(=O)O)cc4)nc3c2)cc1. The van der Waals surface area contributed by atoms with Crippen LogP contribution in [0.25, 0.3) is 10.9 Å². The predicted molar refractivity (Wildman–Crippen MR) is 139 cm³/mol. The Bertz CT molecular complexity index is 1300. The molecular formula is C30H31NO5. The van der Waals surface area contributed by atoms with Gasteiger partial charge in [-0.05, 0) is 72.4 Å². The summed E-state index contributed by atoms with van der Waals surface area (Å²) in [5.41, 5.74) is 4.41. The monoisotopic (exact) mass is 485 g/mol. The smallest absolute Gasteiger partial charge is 0.335 e. The third-order valence-corrected chi connectivity index (χ3v) is 6.46. The summed E-state index contributed by atoms with van der Waals surface area (Å²) in [6, 6.07) is 24.0. The van der Waals surface area contributed by atoms with Gasteiger partial charge in [0.15, 0.2) is 0 Å². The predicted octanol–water partition coefficient (Wildman–Crippen LogP) is 5.66. The molecule has 186 valence electrons. The largest absolute Gasteiger partial charge is 0.497 e. The Morgan fingerprint density at radius 3 is 2.25 bits per heavy atom. The first-order chi connectivity index (χ1) is 17.4. The Labute approximate surface area is 210 Å². The molecule has 0 radical (unpaired) electrons. The molecule has 1 aromatic heterocycles. The van der Waals surface area contributed by atoms with Gasteiger partial charge in [0.2, 0.25) is 0 Å². The minimum absolute atomic E-state index is 0.182. The maximum absolute atomic E-state index is 11.0. The lowest BCUT2D eigenvalue weighted by Gasteiger charge is -2.13. The summed E-state index contributed by atoms with van der Waals surface area (Å²) < 4.78 is 5.19. The topological polar surface area (TPSA) is 99.9 Å². The average Bonchev–Trinajstić information content (AvgIpc) is 2.91. The lowest BCUT2D eigenvalue weighted by molar-refractivity contribution is 0.0696. The number of aliphatic hydroxyl groups is 2. The summed E-state index contributed by atoms with van der Waals surface area (Å²) in [5, 5.41) is 31.4. The number of fused-ring (bicyclic) bond motifs is 1. The number of aryl methyl sites for hydroxylation is 1. The van der Waals surface area contributed by atoms with Gasteiger partial charge in [-0.2, -0.15) is 0 Å². The molecule has 0 aliphatic heterocycles. The Balaban J connectivity index is 1.35. The normalized spacial score (nSPS) is 12.9. The number of aromatic nitrogens is 1. The fraction of sp³-hybridized carbons (Fsp3) is 0.267. The van der Waals surface area contributed by atoms with E-state index in [-0.39, 0.29) is 5.56 Å². The number of aromatic carboxylic acids is 1. The first-order valence-electron chi connectivity index (χ1n) is 12.1. The number of ether oxygens (including phenoxy) is 1. The number of nitrogens with zero attached hydrogens (tertiary/aromatic N) is 1. The third kappa shape index (κ3) is 6.47. The lowest BCUT2D eigenvalue weighted by Crippen LogP contribution is -2.05. The number of carboxylic acid groups (broad SMARTS) is 1. The number of methoxy groups -OCH3 is 1. The van der Waals surface area contributed by atoms with E-state index in [1.54, 1.807) is 19.2 Å². The summed E-state index contributed by atoms with van der Waals surface area (Å²) >= 11 is 0.